The first kappa shape index (κ1) is 46.2. The van der Waals surface area contributed by atoms with Crippen molar-refractivity contribution in [2.45, 2.75) is 103 Å². The molecule has 3 amide bonds. The number of nitrogens with zero attached hydrogens (tertiary/aromatic N) is 4. The Morgan fingerprint density at radius 1 is 0.852 bits per heavy atom. The van der Waals surface area contributed by atoms with Crippen molar-refractivity contribution < 1.29 is 28.7 Å². The molecule has 3 fully saturated rings. The first-order chi connectivity index (χ1) is 29.8. The Balaban J connectivity index is 0.000000633. The molecule has 15 heteroatoms. The Morgan fingerprint density at radius 3 is 2.20 bits per heavy atom. The predicted octanol–water partition coefficient (Wildman–Crippen LogP) is 7.39. The molecule has 3 aliphatic rings. The van der Waals surface area contributed by atoms with Crippen LogP contribution in [0.15, 0.2) is 54.9 Å². The molecule has 2 unspecified atom stereocenters. The van der Waals surface area contributed by atoms with Gasteiger partial charge in [-0.25, -0.2) is 19.7 Å². The zero-order valence-corrected chi connectivity index (χ0v) is 36.4. The monoisotopic (exact) mass is 837 g/mol. The van der Waals surface area contributed by atoms with Gasteiger partial charge >= 0.3 is 6.09 Å². The smallest absolute Gasteiger partial charge is 0.407 e. The van der Waals surface area contributed by atoms with Crippen molar-refractivity contribution in [1.82, 2.24) is 45.8 Å². The number of H-pyrrole nitrogens is 2. The number of aromatic amines is 2. The van der Waals surface area contributed by atoms with Gasteiger partial charge in [-0.3, -0.25) is 14.4 Å². The van der Waals surface area contributed by atoms with Gasteiger partial charge in [-0.15, -0.1) is 0 Å². The fourth-order valence-electron chi connectivity index (χ4n) is 7.47. The van der Waals surface area contributed by atoms with Crippen molar-refractivity contribution in [1.29, 1.82) is 0 Å². The molecule has 0 radical (unpaired) electrons. The van der Waals surface area contributed by atoms with Crippen molar-refractivity contribution >= 4 is 46.3 Å². The van der Waals surface area contributed by atoms with E-state index in [0.717, 1.165) is 102 Å². The van der Waals surface area contributed by atoms with Crippen LogP contribution in [0.4, 0.5) is 4.79 Å². The lowest BCUT2D eigenvalue weighted by Gasteiger charge is -2.36. The van der Waals surface area contributed by atoms with Gasteiger partial charge < -0.3 is 40.3 Å². The number of pyridine rings is 1. The Bertz CT molecular complexity index is 2170. The van der Waals surface area contributed by atoms with Crippen LogP contribution < -0.4 is 16.0 Å². The number of benzene rings is 2. The molecule has 15 nitrogen and oxygen atoms in total. The SMILES string of the molecule is C1CCC1.CC.CNC(C(=O)N1CCCC1c1nc2ncc(-c3ccc4cc(-c5cnc(CCCCNC(=O)CNC(=O)OC)[nH]5)ccc4c3)cc2[nH]1)C1CCC1.COC=O. The van der Waals surface area contributed by atoms with Crippen LogP contribution in [-0.4, -0.2) is 101 Å². The second-order valence-corrected chi connectivity index (χ2v) is 15.3. The molecule has 0 spiro atoms. The highest BCUT2D eigenvalue weighted by Gasteiger charge is 2.39. The summed E-state index contributed by atoms with van der Waals surface area (Å²) in [5.74, 6) is 2.07. The number of nitrogens with one attached hydrogen (secondary N) is 5. The molecule has 3 aromatic heterocycles. The summed E-state index contributed by atoms with van der Waals surface area (Å²) in [4.78, 5) is 68.4. The number of imidazole rings is 2. The van der Waals surface area contributed by atoms with Gasteiger partial charge in [0, 0.05) is 36.8 Å². The molecule has 2 aromatic carbocycles. The number of likely N-dealkylation sites (N-methyl/N-ethyl adjacent to an activating group) is 1. The third-order valence-corrected chi connectivity index (χ3v) is 11.4. The van der Waals surface area contributed by atoms with Gasteiger partial charge in [-0.2, -0.15) is 0 Å². The van der Waals surface area contributed by atoms with Gasteiger partial charge in [0.1, 0.15) is 11.6 Å². The second kappa shape index (κ2) is 23.8. The highest BCUT2D eigenvalue weighted by molar-refractivity contribution is 5.91. The van der Waals surface area contributed by atoms with Gasteiger partial charge in [-0.05, 0) is 86.0 Å². The first-order valence-electron chi connectivity index (χ1n) is 21.8. The summed E-state index contributed by atoms with van der Waals surface area (Å²) >= 11 is 0. The van der Waals surface area contributed by atoms with E-state index in [2.05, 4.69) is 82.8 Å². The van der Waals surface area contributed by atoms with Crippen LogP contribution in [0, 0.1) is 5.92 Å². The minimum atomic E-state index is -0.630. The summed E-state index contributed by atoms with van der Waals surface area (Å²) in [6, 6.07) is 14.7. The van der Waals surface area contributed by atoms with Crippen molar-refractivity contribution in [2.75, 3.05) is 40.9 Å². The summed E-state index contributed by atoms with van der Waals surface area (Å²) < 4.78 is 8.32. The molecule has 1 aliphatic heterocycles. The summed E-state index contributed by atoms with van der Waals surface area (Å²) in [7, 11) is 4.47. The van der Waals surface area contributed by atoms with E-state index in [1.54, 1.807) is 0 Å². The predicted molar refractivity (Wildman–Crippen MR) is 238 cm³/mol. The molecule has 328 valence electrons. The number of methoxy groups -OCH3 is 2. The van der Waals surface area contributed by atoms with E-state index in [1.165, 1.54) is 46.3 Å². The molecular formula is C46H63N9O6. The number of aryl methyl sites for hydroxylation is 1. The summed E-state index contributed by atoms with van der Waals surface area (Å²) in [5, 5.41) is 10.7. The molecule has 5 aromatic rings. The van der Waals surface area contributed by atoms with Crippen LogP contribution in [0.1, 0.15) is 102 Å². The van der Waals surface area contributed by atoms with Crippen molar-refractivity contribution in [3.8, 4) is 22.4 Å². The van der Waals surface area contributed by atoms with Crippen LogP contribution in [0.25, 0.3) is 44.3 Å². The van der Waals surface area contributed by atoms with Gasteiger partial charge in [0.15, 0.2) is 5.65 Å². The van der Waals surface area contributed by atoms with Gasteiger partial charge in [0.05, 0.1) is 50.3 Å². The molecule has 1 saturated heterocycles. The number of rotatable bonds is 14. The maximum Gasteiger partial charge on any atom is 0.407 e. The normalized spacial score (nSPS) is 16.0. The Morgan fingerprint density at radius 2 is 1.56 bits per heavy atom. The van der Waals surface area contributed by atoms with Gasteiger partial charge in [0.25, 0.3) is 6.47 Å². The van der Waals surface area contributed by atoms with Crippen molar-refractivity contribution in [3.63, 3.8) is 0 Å². The number of hydrogen-bond acceptors (Lipinski definition) is 10. The zero-order chi connectivity index (χ0) is 43.6. The van der Waals surface area contributed by atoms with E-state index in [0.29, 0.717) is 24.6 Å². The number of carbonyl (C=O) groups excluding carboxylic acids is 4. The lowest BCUT2D eigenvalue weighted by atomic mass is 9.79. The number of likely N-dealkylation sites (tertiary alicyclic amines) is 1. The average molecular weight is 838 g/mol. The second-order valence-electron chi connectivity index (χ2n) is 15.3. The third-order valence-electron chi connectivity index (χ3n) is 11.4. The topological polar surface area (TPSA) is 196 Å². The van der Waals surface area contributed by atoms with Crippen LogP contribution >= 0.6 is 0 Å². The van der Waals surface area contributed by atoms with E-state index < -0.39 is 6.09 Å². The fraction of sp³-hybridized carbons (Fsp3) is 0.500. The van der Waals surface area contributed by atoms with Crippen LogP contribution in [-0.2, 0) is 30.3 Å². The lowest BCUT2D eigenvalue weighted by Crippen LogP contribution is -2.50. The number of amides is 3. The Labute approximate surface area is 358 Å². The number of aromatic nitrogens is 5. The molecule has 4 heterocycles. The third kappa shape index (κ3) is 12.6. The number of unbranched alkanes of at least 4 members (excludes halogenated alkanes) is 1. The number of carbonyl (C=O) groups is 4. The van der Waals surface area contributed by atoms with E-state index in [9.17, 15) is 14.4 Å². The van der Waals surface area contributed by atoms with Crippen LogP contribution in [0.3, 0.4) is 0 Å². The highest BCUT2D eigenvalue weighted by Crippen LogP contribution is 2.36. The van der Waals surface area contributed by atoms with Crippen molar-refractivity contribution in [3.05, 3.63) is 66.5 Å². The highest BCUT2D eigenvalue weighted by atomic mass is 16.5. The van der Waals surface area contributed by atoms with E-state index in [4.69, 9.17) is 14.8 Å². The summed E-state index contributed by atoms with van der Waals surface area (Å²) in [5.41, 5.74) is 5.61. The molecular weight excluding hydrogens is 775 g/mol. The maximum atomic E-state index is 13.5. The van der Waals surface area contributed by atoms with Crippen molar-refractivity contribution in [2.24, 2.45) is 5.92 Å². The van der Waals surface area contributed by atoms with Gasteiger partial charge in [0.2, 0.25) is 11.8 Å². The first-order valence-corrected chi connectivity index (χ1v) is 21.8. The molecule has 2 saturated carbocycles. The number of alkyl carbamates (subject to hydrolysis) is 1. The number of hydrogen-bond donors (Lipinski definition) is 5. The Hall–Kier alpha value is -5.83. The minimum absolute atomic E-state index is 0.0598. The molecule has 2 aliphatic carbocycles. The molecule has 5 N–H and O–H groups in total. The zero-order valence-electron chi connectivity index (χ0n) is 36.4. The van der Waals surface area contributed by atoms with E-state index in [1.807, 2.05) is 38.2 Å². The number of ether oxygens (including phenoxy) is 2. The fourth-order valence-corrected chi connectivity index (χ4v) is 7.47. The molecule has 0 bridgehead atoms. The molecule has 8 rings (SSSR count). The van der Waals surface area contributed by atoms with E-state index in [-0.39, 0.29) is 30.4 Å². The number of fused-ring (bicyclic) bond motifs is 2. The standard InChI is InChI=1S/C38H45N9O4.C4H8.C2H4O2.C2H6/c1-39-34(23-7-5-8-23)37(49)47-16-6-9-31(47)36-45-29-19-28(20-42-35(29)46-36)26-12-11-25-18-27(14-13-24(25)17-26)30-21-41-32(44-30)10-3-4-15-40-33(48)22-43-38(50)51-2;1-2-4-3-1;1-4-2-3;1-2/h11-14,17-21,23,31,34,39H,3-10,15-16,22H2,1-2H3,(H,40,48)(H,41,44)(H,43,50)(H,42,45,46);1-4H2;2H,1H3;1-2H3. The van der Waals surface area contributed by atoms with Crippen LogP contribution in [0.5, 0.6) is 0 Å². The van der Waals surface area contributed by atoms with E-state index >= 15 is 0 Å². The van der Waals surface area contributed by atoms with Crippen LogP contribution in [0.2, 0.25) is 0 Å². The van der Waals surface area contributed by atoms with Gasteiger partial charge in [-0.1, -0.05) is 70.2 Å². The quantitative estimate of drug-likeness (QED) is 0.0556. The minimum Gasteiger partial charge on any atom is -0.471 e. The summed E-state index contributed by atoms with van der Waals surface area (Å²) in [6.45, 7) is 5.55. The largest absolute Gasteiger partial charge is 0.471 e. The average Bonchev–Trinajstić information content (AvgIpc) is 4.04. The summed E-state index contributed by atoms with van der Waals surface area (Å²) in [6.07, 6.45) is 16.8. The maximum absolute atomic E-state index is 13.5. The molecule has 61 heavy (non-hydrogen) atoms. The molecule has 2 atom stereocenters. The Kier molecular flexibility index (Phi) is 18.1. The lowest BCUT2D eigenvalue weighted by molar-refractivity contribution is -0.136.